The van der Waals surface area contributed by atoms with Gasteiger partial charge in [0.15, 0.2) is 0 Å². The molecule has 4 nitrogen and oxygen atoms in total. The lowest BCUT2D eigenvalue weighted by atomic mass is 9.97. The highest BCUT2D eigenvalue weighted by Gasteiger charge is 2.08. The lowest BCUT2D eigenvalue weighted by Gasteiger charge is -2.14. The molecular formula is C16H21BrN2O2. The van der Waals surface area contributed by atoms with Gasteiger partial charge in [-0.15, -0.1) is 0 Å². The van der Waals surface area contributed by atoms with Gasteiger partial charge < -0.3 is 15.4 Å². The zero-order valence-corrected chi connectivity index (χ0v) is 13.8. The fourth-order valence-corrected chi connectivity index (χ4v) is 2.77. The average molecular weight is 353 g/mol. The summed E-state index contributed by atoms with van der Waals surface area (Å²) in [5, 5.41) is 5.70. The monoisotopic (exact) mass is 352 g/mol. The molecular weight excluding hydrogens is 332 g/mol. The summed E-state index contributed by atoms with van der Waals surface area (Å²) in [6.45, 7) is 0.661. The van der Waals surface area contributed by atoms with Crippen LogP contribution in [-0.4, -0.2) is 19.7 Å². The number of carbonyl (C=O) groups is 1. The average Bonchev–Trinajstić information content (AvgIpc) is 2.48. The molecule has 0 aliphatic heterocycles. The molecule has 0 aromatic heterocycles. The number of halogens is 1. The molecule has 114 valence electrons. The molecule has 5 heteroatoms. The van der Waals surface area contributed by atoms with Gasteiger partial charge >= 0.3 is 6.03 Å². The molecule has 2 amide bonds. The predicted molar refractivity (Wildman–Crippen MR) is 88.9 cm³/mol. The van der Waals surface area contributed by atoms with Gasteiger partial charge in [0.25, 0.3) is 0 Å². The van der Waals surface area contributed by atoms with E-state index < -0.39 is 0 Å². The van der Waals surface area contributed by atoms with E-state index in [0.717, 1.165) is 10.9 Å². The summed E-state index contributed by atoms with van der Waals surface area (Å²) in [4.78, 5) is 11.9. The molecule has 0 heterocycles. The fourth-order valence-electron chi connectivity index (χ4n) is 2.41. The predicted octanol–water partition coefficient (Wildman–Crippen LogP) is 4.47. The quantitative estimate of drug-likeness (QED) is 0.768. The van der Waals surface area contributed by atoms with Gasteiger partial charge in [-0.25, -0.2) is 4.79 Å². The van der Waals surface area contributed by atoms with Crippen LogP contribution in [0, 0.1) is 0 Å². The third-order valence-corrected chi connectivity index (χ3v) is 4.02. The smallest absolute Gasteiger partial charge is 0.319 e. The highest BCUT2D eigenvalue weighted by atomic mass is 79.9. The van der Waals surface area contributed by atoms with Gasteiger partial charge in [-0.05, 0) is 50.3 Å². The van der Waals surface area contributed by atoms with Crippen LogP contribution in [0.5, 0.6) is 5.75 Å². The van der Waals surface area contributed by atoms with Gasteiger partial charge in [0.1, 0.15) is 5.75 Å². The second-order valence-corrected chi connectivity index (χ2v) is 6.00. The summed E-state index contributed by atoms with van der Waals surface area (Å²) in [6, 6.07) is 5.30. The van der Waals surface area contributed by atoms with Gasteiger partial charge in [-0.1, -0.05) is 27.6 Å². The number of nitrogens with one attached hydrogen (secondary N) is 2. The molecule has 0 radical (unpaired) electrons. The topological polar surface area (TPSA) is 50.4 Å². The van der Waals surface area contributed by atoms with E-state index in [1.807, 2.05) is 18.2 Å². The Morgan fingerprint density at radius 1 is 1.38 bits per heavy atom. The molecule has 2 rings (SSSR count). The number of urea groups is 1. The second kappa shape index (κ2) is 8.08. The Hall–Kier alpha value is -1.49. The van der Waals surface area contributed by atoms with Crippen LogP contribution >= 0.6 is 15.9 Å². The van der Waals surface area contributed by atoms with Crippen LogP contribution in [0.2, 0.25) is 0 Å². The normalized spacial score (nSPS) is 14.3. The Balaban J connectivity index is 1.81. The van der Waals surface area contributed by atoms with Crippen LogP contribution in [0.1, 0.15) is 32.1 Å². The van der Waals surface area contributed by atoms with Gasteiger partial charge in [0, 0.05) is 11.0 Å². The lowest BCUT2D eigenvalue weighted by Crippen LogP contribution is -2.30. The maximum Gasteiger partial charge on any atom is 0.319 e. The third kappa shape index (κ3) is 5.08. The number of amides is 2. The van der Waals surface area contributed by atoms with E-state index in [9.17, 15) is 4.79 Å². The molecule has 2 N–H and O–H groups in total. The summed E-state index contributed by atoms with van der Waals surface area (Å²) in [6.07, 6.45) is 8.15. The molecule has 21 heavy (non-hydrogen) atoms. The Morgan fingerprint density at radius 3 is 2.95 bits per heavy atom. The first kappa shape index (κ1) is 15.9. The van der Waals surface area contributed by atoms with Crippen molar-refractivity contribution < 1.29 is 9.53 Å². The Bertz CT molecular complexity index is 529. The number of hydrogen-bond donors (Lipinski definition) is 2. The molecule has 0 fully saturated rings. The summed E-state index contributed by atoms with van der Waals surface area (Å²) >= 11 is 3.39. The minimum Gasteiger partial charge on any atom is -0.495 e. The van der Waals surface area contributed by atoms with E-state index in [1.54, 1.807) is 7.11 Å². The van der Waals surface area contributed by atoms with E-state index in [0.29, 0.717) is 18.0 Å². The maximum atomic E-state index is 11.9. The van der Waals surface area contributed by atoms with Crippen molar-refractivity contribution in [1.29, 1.82) is 0 Å². The van der Waals surface area contributed by atoms with E-state index in [4.69, 9.17) is 4.74 Å². The van der Waals surface area contributed by atoms with Crippen molar-refractivity contribution >= 4 is 27.6 Å². The van der Waals surface area contributed by atoms with E-state index in [-0.39, 0.29) is 6.03 Å². The van der Waals surface area contributed by atoms with E-state index in [1.165, 1.54) is 31.3 Å². The van der Waals surface area contributed by atoms with Crippen molar-refractivity contribution in [2.45, 2.75) is 32.1 Å². The molecule has 0 spiro atoms. The van der Waals surface area contributed by atoms with Gasteiger partial charge in [-0.2, -0.15) is 0 Å². The molecule has 0 bridgehead atoms. The maximum absolute atomic E-state index is 11.9. The number of ether oxygens (including phenoxy) is 1. The Morgan fingerprint density at radius 2 is 2.24 bits per heavy atom. The van der Waals surface area contributed by atoms with Crippen LogP contribution in [-0.2, 0) is 0 Å². The number of hydrogen-bond acceptors (Lipinski definition) is 2. The fraction of sp³-hybridized carbons (Fsp3) is 0.438. The van der Waals surface area contributed by atoms with Crippen LogP contribution in [0.3, 0.4) is 0 Å². The molecule has 0 saturated carbocycles. The Labute approximate surface area is 134 Å². The molecule has 1 aliphatic carbocycles. The summed E-state index contributed by atoms with van der Waals surface area (Å²) in [5.74, 6) is 0.642. The standard InChI is InChI=1S/C16H21BrN2O2/c1-21-15-8-7-13(17)11-14(15)19-16(20)18-10-9-12-5-3-2-4-6-12/h5,7-8,11H,2-4,6,9-10H2,1H3,(H2,18,19,20). The number of carbonyl (C=O) groups excluding carboxylic acids is 1. The van der Waals surface area contributed by atoms with Gasteiger partial charge in [0.2, 0.25) is 0 Å². The molecule has 1 aliphatic rings. The third-order valence-electron chi connectivity index (χ3n) is 3.53. The van der Waals surface area contributed by atoms with Crippen LogP contribution in [0.15, 0.2) is 34.3 Å². The first-order valence-corrected chi connectivity index (χ1v) is 8.04. The zero-order valence-electron chi connectivity index (χ0n) is 12.2. The second-order valence-electron chi connectivity index (χ2n) is 5.08. The van der Waals surface area contributed by atoms with Crippen LogP contribution < -0.4 is 15.4 Å². The minimum absolute atomic E-state index is 0.206. The Kier molecular flexibility index (Phi) is 6.11. The van der Waals surface area contributed by atoms with Crippen LogP contribution in [0.4, 0.5) is 10.5 Å². The first-order chi connectivity index (χ1) is 10.2. The van der Waals surface area contributed by atoms with E-state index >= 15 is 0 Å². The summed E-state index contributed by atoms with van der Waals surface area (Å²) < 4.78 is 6.12. The van der Waals surface area contributed by atoms with Crippen molar-refractivity contribution in [3.63, 3.8) is 0 Å². The molecule has 0 atom stereocenters. The first-order valence-electron chi connectivity index (χ1n) is 7.25. The molecule has 0 unspecified atom stereocenters. The van der Waals surface area contributed by atoms with Crippen molar-refractivity contribution in [1.82, 2.24) is 5.32 Å². The van der Waals surface area contributed by atoms with Gasteiger partial charge in [0.05, 0.1) is 12.8 Å². The molecule has 1 aromatic carbocycles. The molecule has 1 aromatic rings. The number of allylic oxidation sites excluding steroid dienone is 1. The highest BCUT2D eigenvalue weighted by Crippen LogP contribution is 2.27. The van der Waals surface area contributed by atoms with E-state index in [2.05, 4.69) is 32.6 Å². The van der Waals surface area contributed by atoms with Crippen molar-refractivity contribution in [3.05, 3.63) is 34.3 Å². The number of anilines is 1. The lowest BCUT2D eigenvalue weighted by molar-refractivity contribution is 0.252. The zero-order chi connectivity index (χ0) is 15.1. The summed E-state index contributed by atoms with van der Waals surface area (Å²) in [5.41, 5.74) is 2.11. The van der Waals surface area contributed by atoms with Crippen molar-refractivity contribution in [3.8, 4) is 5.75 Å². The number of methoxy groups -OCH3 is 1. The number of benzene rings is 1. The van der Waals surface area contributed by atoms with Crippen LogP contribution in [0.25, 0.3) is 0 Å². The van der Waals surface area contributed by atoms with Crippen molar-refractivity contribution in [2.24, 2.45) is 0 Å². The highest BCUT2D eigenvalue weighted by molar-refractivity contribution is 9.10. The van der Waals surface area contributed by atoms with Gasteiger partial charge in [-0.3, -0.25) is 0 Å². The summed E-state index contributed by atoms with van der Waals surface area (Å²) in [7, 11) is 1.59. The SMILES string of the molecule is COc1ccc(Br)cc1NC(=O)NCCC1=CCCCC1. The minimum atomic E-state index is -0.206. The van der Waals surface area contributed by atoms with Crippen molar-refractivity contribution in [2.75, 3.05) is 19.0 Å². The molecule has 0 saturated heterocycles. The number of rotatable bonds is 5. The largest absolute Gasteiger partial charge is 0.495 e.